The lowest BCUT2D eigenvalue weighted by Gasteiger charge is -2.11. The van der Waals surface area contributed by atoms with Crippen molar-refractivity contribution in [2.24, 2.45) is 0 Å². The van der Waals surface area contributed by atoms with Gasteiger partial charge < -0.3 is 15.8 Å². The lowest BCUT2D eigenvalue weighted by molar-refractivity contribution is 0.0527. The minimum Gasteiger partial charge on any atom is -0.462 e. The molecule has 0 aliphatic heterocycles. The number of carbonyl (C=O) groups excluding carboxylic acids is 2. The van der Waals surface area contributed by atoms with E-state index in [2.05, 4.69) is 25.7 Å². The zero-order valence-corrected chi connectivity index (χ0v) is 17.8. The van der Waals surface area contributed by atoms with Crippen LogP contribution < -0.4 is 16.4 Å². The number of urea groups is 1. The second-order valence-corrected chi connectivity index (χ2v) is 7.01. The number of ether oxygens (including phenoxy) is 1. The maximum absolute atomic E-state index is 14.9. The summed E-state index contributed by atoms with van der Waals surface area (Å²) in [5.74, 6) is -0.878. The molecule has 4 N–H and O–H groups in total. The summed E-state index contributed by atoms with van der Waals surface area (Å²) in [6, 6.07) is 8.61. The first kappa shape index (κ1) is 21.7. The van der Waals surface area contributed by atoms with E-state index < -0.39 is 17.8 Å². The third kappa shape index (κ3) is 4.42. The topological polar surface area (TPSA) is 137 Å². The number of nitrogens with zero attached hydrogens (tertiary/aromatic N) is 4. The molecular weight excluding hydrogens is 429 g/mol. The Labute approximate surface area is 187 Å². The van der Waals surface area contributed by atoms with Gasteiger partial charge in [-0.1, -0.05) is 12.1 Å². The quantitative estimate of drug-likeness (QED) is 0.396. The van der Waals surface area contributed by atoms with Gasteiger partial charge in [0.25, 0.3) is 0 Å². The molecule has 0 bridgehead atoms. The van der Waals surface area contributed by atoms with Gasteiger partial charge in [-0.25, -0.2) is 28.5 Å². The van der Waals surface area contributed by atoms with Gasteiger partial charge in [0.1, 0.15) is 23.5 Å². The molecule has 1 aromatic carbocycles. The maximum Gasteiger partial charge on any atom is 0.340 e. The molecule has 168 valence electrons. The highest BCUT2D eigenvalue weighted by Gasteiger charge is 2.23. The number of nitrogen functional groups attached to an aromatic ring is 1. The molecule has 3 aromatic heterocycles. The fraction of sp³-hybridized carbons (Fsp3) is 0.136. The number of nitrogens with two attached hydrogens (primary N) is 1. The van der Waals surface area contributed by atoms with E-state index in [9.17, 15) is 14.0 Å². The summed E-state index contributed by atoms with van der Waals surface area (Å²) in [5, 5.41) is 9.06. The number of anilines is 3. The van der Waals surface area contributed by atoms with Crippen molar-refractivity contribution >= 4 is 34.8 Å². The van der Waals surface area contributed by atoms with Crippen molar-refractivity contribution in [1.29, 1.82) is 0 Å². The molecular formula is C22H20FN7O3. The van der Waals surface area contributed by atoms with Crippen LogP contribution >= 0.6 is 0 Å². The molecule has 0 spiro atoms. The largest absolute Gasteiger partial charge is 0.462 e. The number of halogens is 1. The highest BCUT2D eigenvalue weighted by atomic mass is 19.1. The molecule has 4 aromatic rings. The van der Waals surface area contributed by atoms with Crippen molar-refractivity contribution in [1.82, 2.24) is 19.6 Å². The lowest BCUT2D eigenvalue weighted by atomic mass is 10.0. The highest BCUT2D eigenvalue weighted by Crippen LogP contribution is 2.34. The molecule has 0 radical (unpaired) electrons. The molecule has 33 heavy (non-hydrogen) atoms. The summed E-state index contributed by atoms with van der Waals surface area (Å²) in [6.45, 7) is 3.63. The van der Waals surface area contributed by atoms with Crippen molar-refractivity contribution in [3.63, 3.8) is 0 Å². The average molecular weight is 449 g/mol. The summed E-state index contributed by atoms with van der Waals surface area (Å²) >= 11 is 0. The number of fused-ring (bicyclic) bond motifs is 1. The number of aromatic nitrogens is 4. The van der Waals surface area contributed by atoms with Crippen molar-refractivity contribution in [2.45, 2.75) is 13.8 Å². The Kier molecular flexibility index (Phi) is 5.85. The summed E-state index contributed by atoms with van der Waals surface area (Å²) in [6.07, 6.45) is 2.70. The Morgan fingerprint density at radius 1 is 1.21 bits per heavy atom. The van der Waals surface area contributed by atoms with Gasteiger partial charge in [0, 0.05) is 17.5 Å². The number of rotatable bonds is 5. The van der Waals surface area contributed by atoms with Crippen molar-refractivity contribution in [3.8, 4) is 11.1 Å². The van der Waals surface area contributed by atoms with Gasteiger partial charge in [-0.15, -0.1) is 0 Å². The minimum atomic E-state index is -0.718. The van der Waals surface area contributed by atoms with E-state index in [-0.39, 0.29) is 23.7 Å². The van der Waals surface area contributed by atoms with Gasteiger partial charge in [0.2, 0.25) is 0 Å². The van der Waals surface area contributed by atoms with Gasteiger partial charge in [-0.2, -0.15) is 5.10 Å². The Morgan fingerprint density at radius 2 is 2.03 bits per heavy atom. The van der Waals surface area contributed by atoms with Gasteiger partial charge in [0.15, 0.2) is 5.82 Å². The van der Waals surface area contributed by atoms with Crippen LogP contribution in [0, 0.1) is 12.7 Å². The van der Waals surface area contributed by atoms with Crippen molar-refractivity contribution < 1.29 is 18.7 Å². The molecule has 0 atom stereocenters. The van der Waals surface area contributed by atoms with E-state index in [0.29, 0.717) is 22.5 Å². The SMILES string of the molecule is CCOC(=O)c1cn2ncnc(N)c2c1-c1ccc(NC(=O)Nc2cccc(C)n2)c(F)c1. The van der Waals surface area contributed by atoms with E-state index in [0.717, 1.165) is 5.69 Å². The molecule has 0 fully saturated rings. The highest BCUT2D eigenvalue weighted by molar-refractivity contribution is 6.05. The standard InChI is InChI=1S/C22H20FN7O3/c1-3-33-21(31)14-10-30-19(20(24)25-11-26-30)18(14)13-7-8-16(15(23)9-13)28-22(32)29-17-6-4-5-12(2)27-17/h4-11H,3H2,1-2H3,(H2,24,25,26)(H2,27,28,29,32). The number of hydrogen-bond acceptors (Lipinski definition) is 7. The number of nitrogens with one attached hydrogen (secondary N) is 2. The molecule has 3 heterocycles. The summed E-state index contributed by atoms with van der Waals surface area (Å²) in [7, 11) is 0. The molecule has 0 saturated carbocycles. The van der Waals surface area contributed by atoms with E-state index in [1.807, 2.05) is 0 Å². The van der Waals surface area contributed by atoms with Gasteiger partial charge in [0.05, 0.1) is 17.9 Å². The molecule has 0 aliphatic carbocycles. The molecule has 0 aliphatic rings. The third-order valence-electron chi connectivity index (χ3n) is 4.73. The van der Waals surface area contributed by atoms with Crippen LogP contribution in [0.2, 0.25) is 0 Å². The second kappa shape index (κ2) is 8.91. The summed E-state index contributed by atoms with van der Waals surface area (Å²) in [5.41, 5.74) is 7.84. The zero-order valence-electron chi connectivity index (χ0n) is 17.8. The smallest absolute Gasteiger partial charge is 0.340 e. The number of esters is 1. The van der Waals surface area contributed by atoms with E-state index in [4.69, 9.17) is 10.5 Å². The fourth-order valence-corrected chi connectivity index (χ4v) is 3.35. The van der Waals surface area contributed by atoms with Gasteiger partial charge >= 0.3 is 12.0 Å². The zero-order chi connectivity index (χ0) is 23.5. The molecule has 10 nitrogen and oxygen atoms in total. The van der Waals surface area contributed by atoms with E-state index >= 15 is 0 Å². The van der Waals surface area contributed by atoms with Crippen LogP contribution in [-0.2, 0) is 4.74 Å². The normalized spacial score (nSPS) is 10.8. The number of hydrogen-bond donors (Lipinski definition) is 3. The summed E-state index contributed by atoms with van der Waals surface area (Å²) < 4.78 is 21.5. The first-order valence-electron chi connectivity index (χ1n) is 9.98. The van der Waals surface area contributed by atoms with Crippen LogP contribution in [-0.4, -0.2) is 38.2 Å². The Bertz CT molecular complexity index is 1370. The van der Waals surface area contributed by atoms with E-state index in [1.54, 1.807) is 38.1 Å². The second-order valence-electron chi connectivity index (χ2n) is 7.01. The maximum atomic E-state index is 14.9. The van der Waals surface area contributed by atoms with Gasteiger partial charge in [-0.05, 0) is 43.7 Å². The molecule has 2 amide bonds. The first-order chi connectivity index (χ1) is 15.9. The molecule has 11 heteroatoms. The molecule has 4 rings (SSSR count). The number of aryl methyl sites for hydroxylation is 1. The predicted molar refractivity (Wildman–Crippen MR) is 120 cm³/mol. The predicted octanol–water partition coefficient (Wildman–Crippen LogP) is 3.64. The Morgan fingerprint density at radius 3 is 2.76 bits per heavy atom. The Hall–Kier alpha value is -4.54. The van der Waals surface area contributed by atoms with Crippen LogP contribution in [0.4, 0.5) is 26.5 Å². The number of benzene rings is 1. The van der Waals surface area contributed by atoms with Crippen molar-refractivity contribution in [2.75, 3.05) is 23.0 Å². The van der Waals surface area contributed by atoms with Crippen molar-refractivity contribution in [3.05, 3.63) is 66.0 Å². The van der Waals surface area contributed by atoms with Crippen LogP contribution in [0.5, 0.6) is 0 Å². The fourth-order valence-electron chi connectivity index (χ4n) is 3.35. The number of pyridine rings is 1. The van der Waals surface area contributed by atoms with Gasteiger partial charge in [-0.3, -0.25) is 5.32 Å². The van der Waals surface area contributed by atoms with Crippen LogP contribution in [0.3, 0.4) is 0 Å². The average Bonchev–Trinajstić information content (AvgIpc) is 3.16. The van der Waals surface area contributed by atoms with Crippen LogP contribution in [0.25, 0.3) is 16.6 Å². The lowest BCUT2D eigenvalue weighted by Crippen LogP contribution is -2.20. The Balaban J connectivity index is 1.67. The third-order valence-corrected chi connectivity index (χ3v) is 4.73. The van der Waals surface area contributed by atoms with E-state index in [1.165, 1.54) is 29.2 Å². The van der Waals surface area contributed by atoms with Crippen LogP contribution in [0.15, 0.2) is 48.9 Å². The number of amides is 2. The number of carbonyl (C=O) groups is 2. The van der Waals surface area contributed by atoms with Crippen LogP contribution in [0.1, 0.15) is 23.0 Å². The minimum absolute atomic E-state index is 0.0608. The monoisotopic (exact) mass is 449 g/mol. The summed E-state index contributed by atoms with van der Waals surface area (Å²) in [4.78, 5) is 32.9. The first-order valence-corrected chi connectivity index (χ1v) is 9.98. The molecule has 0 unspecified atom stereocenters. The molecule has 0 saturated heterocycles.